The topological polar surface area (TPSA) is 55.4 Å². The molecule has 1 amide bonds. The van der Waals surface area contributed by atoms with Crippen molar-refractivity contribution < 1.29 is 23.1 Å². The zero-order valence-corrected chi connectivity index (χ0v) is 9.41. The Morgan fingerprint density at radius 1 is 1.22 bits per heavy atom. The number of rotatable bonds is 4. The van der Waals surface area contributed by atoms with E-state index in [4.69, 9.17) is 0 Å². The normalized spacial score (nSPS) is 14.1. The smallest absolute Gasteiger partial charge is 0.338 e. The van der Waals surface area contributed by atoms with Crippen LogP contribution in [0.4, 0.5) is 8.78 Å². The molecule has 1 aromatic carbocycles. The van der Waals surface area contributed by atoms with Crippen LogP contribution in [-0.4, -0.2) is 24.5 Å². The second-order valence-corrected chi connectivity index (χ2v) is 4.08. The van der Waals surface area contributed by atoms with Crippen molar-refractivity contribution >= 4 is 11.9 Å². The number of nitrogens with one attached hydrogen (secondary N) is 1. The van der Waals surface area contributed by atoms with Gasteiger partial charge in [0.2, 0.25) is 0 Å². The van der Waals surface area contributed by atoms with Crippen molar-refractivity contribution in [3.63, 3.8) is 0 Å². The molecule has 0 aromatic heterocycles. The highest BCUT2D eigenvalue weighted by atomic mass is 19.1. The largest absolute Gasteiger partial charge is 0.452 e. The minimum absolute atomic E-state index is 0.169. The highest BCUT2D eigenvalue weighted by molar-refractivity contribution is 5.91. The Morgan fingerprint density at radius 2 is 1.83 bits per heavy atom. The number of esters is 1. The summed E-state index contributed by atoms with van der Waals surface area (Å²) < 4.78 is 30.3. The van der Waals surface area contributed by atoms with Crippen molar-refractivity contribution in [1.82, 2.24) is 5.32 Å². The van der Waals surface area contributed by atoms with Gasteiger partial charge in [0, 0.05) is 12.1 Å². The van der Waals surface area contributed by atoms with Gasteiger partial charge in [0.15, 0.2) is 6.61 Å². The first-order chi connectivity index (χ1) is 8.54. The van der Waals surface area contributed by atoms with E-state index in [1.165, 1.54) is 0 Å². The van der Waals surface area contributed by atoms with Gasteiger partial charge < -0.3 is 10.1 Å². The third-order valence-electron chi connectivity index (χ3n) is 2.38. The molecule has 6 heteroatoms. The van der Waals surface area contributed by atoms with E-state index in [2.05, 4.69) is 10.1 Å². The molecule has 0 bridgehead atoms. The standard InChI is InChI=1S/C12H11F2NO3/c13-8-3-7(4-9(14)5-8)12(17)18-6-11(16)15-10-1-2-10/h3-5,10H,1-2,6H2,(H,15,16). The Kier molecular flexibility index (Phi) is 3.55. The molecule has 0 spiro atoms. The number of carbonyl (C=O) groups is 2. The van der Waals surface area contributed by atoms with Crippen molar-refractivity contribution in [2.24, 2.45) is 0 Å². The van der Waals surface area contributed by atoms with Crippen LogP contribution >= 0.6 is 0 Å². The van der Waals surface area contributed by atoms with E-state index in [-0.39, 0.29) is 11.6 Å². The Balaban J connectivity index is 1.88. The van der Waals surface area contributed by atoms with E-state index in [1.54, 1.807) is 0 Å². The molecule has 0 radical (unpaired) electrons. The first-order valence-corrected chi connectivity index (χ1v) is 5.47. The van der Waals surface area contributed by atoms with Gasteiger partial charge in [0.1, 0.15) is 11.6 Å². The number of carbonyl (C=O) groups excluding carboxylic acids is 2. The maximum Gasteiger partial charge on any atom is 0.338 e. The van der Waals surface area contributed by atoms with Gasteiger partial charge in [-0.3, -0.25) is 4.79 Å². The van der Waals surface area contributed by atoms with Gasteiger partial charge in [0.05, 0.1) is 5.56 Å². The van der Waals surface area contributed by atoms with Crippen molar-refractivity contribution in [3.8, 4) is 0 Å². The summed E-state index contributed by atoms with van der Waals surface area (Å²) in [6, 6.07) is 2.52. The van der Waals surface area contributed by atoms with Crippen LogP contribution in [-0.2, 0) is 9.53 Å². The highest BCUT2D eigenvalue weighted by Gasteiger charge is 2.23. The fourth-order valence-electron chi connectivity index (χ4n) is 1.38. The third kappa shape index (κ3) is 3.51. The quantitative estimate of drug-likeness (QED) is 0.827. The maximum absolute atomic E-state index is 12.8. The number of hydrogen-bond donors (Lipinski definition) is 1. The predicted octanol–water partition coefficient (Wildman–Crippen LogP) is 1.40. The van der Waals surface area contributed by atoms with Crippen LogP contribution in [0.2, 0.25) is 0 Å². The summed E-state index contributed by atoms with van der Waals surface area (Å²) in [5, 5.41) is 2.62. The lowest BCUT2D eigenvalue weighted by Gasteiger charge is -2.05. The molecule has 0 atom stereocenters. The summed E-state index contributed by atoms with van der Waals surface area (Å²) in [6.45, 7) is -0.451. The molecule has 18 heavy (non-hydrogen) atoms. The molecule has 0 unspecified atom stereocenters. The molecule has 0 saturated heterocycles. The van der Waals surface area contributed by atoms with E-state index >= 15 is 0 Å². The lowest BCUT2D eigenvalue weighted by molar-refractivity contribution is -0.124. The zero-order chi connectivity index (χ0) is 13.1. The zero-order valence-electron chi connectivity index (χ0n) is 9.41. The van der Waals surface area contributed by atoms with Crippen LogP contribution in [0.5, 0.6) is 0 Å². The fourth-order valence-corrected chi connectivity index (χ4v) is 1.38. The van der Waals surface area contributed by atoms with Gasteiger partial charge in [-0.1, -0.05) is 0 Å². The van der Waals surface area contributed by atoms with Crippen LogP contribution in [0.3, 0.4) is 0 Å². The number of hydrogen-bond acceptors (Lipinski definition) is 3. The van der Waals surface area contributed by atoms with Crippen molar-refractivity contribution in [3.05, 3.63) is 35.4 Å². The lowest BCUT2D eigenvalue weighted by atomic mass is 10.2. The van der Waals surface area contributed by atoms with Gasteiger partial charge in [-0.05, 0) is 25.0 Å². The molecule has 1 saturated carbocycles. The maximum atomic E-state index is 12.8. The Bertz CT molecular complexity index is 466. The molecule has 4 nitrogen and oxygen atoms in total. The van der Waals surface area contributed by atoms with Crippen molar-refractivity contribution in [1.29, 1.82) is 0 Å². The molecule has 2 rings (SSSR count). The lowest BCUT2D eigenvalue weighted by Crippen LogP contribution is -2.30. The fraction of sp³-hybridized carbons (Fsp3) is 0.333. The monoisotopic (exact) mass is 255 g/mol. The van der Waals surface area contributed by atoms with Crippen molar-refractivity contribution in [2.45, 2.75) is 18.9 Å². The minimum Gasteiger partial charge on any atom is -0.452 e. The van der Waals surface area contributed by atoms with Crippen LogP contribution in [0, 0.1) is 11.6 Å². The Morgan fingerprint density at radius 3 is 2.39 bits per heavy atom. The van der Waals surface area contributed by atoms with Gasteiger partial charge in [-0.2, -0.15) is 0 Å². The average molecular weight is 255 g/mol. The van der Waals surface area contributed by atoms with E-state index in [1.807, 2.05) is 0 Å². The van der Waals surface area contributed by atoms with Crippen LogP contribution < -0.4 is 5.32 Å². The minimum atomic E-state index is -0.931. The third-order valence-corrected chi connectivity index (χ3v) is 2.38. The Hall–Kier alpha value is -1.98. The summed E-state index contributed by atoms with van der Waals surface area (Å²) in [5.41, 5.74) is -0.258. The molecule has 1 aliphatic carbocycles. The van der Waals surface area contributed by atoms with E-state index in [0.717, 1.165) is 25.0 Å². The molecular weight excluding hydrogens is 244 g/mol. The van der Waals surface area contributed by atoms with Crippen LogP contribution in [0.1, 0.15) is 23.2 Å². The first kappa shape index (κ1) is 12.5. The molecule has 0 heterocycles. The first-order valence-electron chi connectivity index (χ1n) is 5.47. The van der Waals surface area contributed by atoms with Crippen LogP contribution in [0.25, 0.3) is 0 Å². The van der Waals surface area contributed by atoms with Crippen molar-refractivity contribution in [2.75, 3.05) is 6.61 Å². The van der Waals surface area contributed by atoms with Gasteiger partial charge in [-0.15, -0.1) is 0 Å². The molecule has 1 aliphatic rings. The van der Waals surface area contributed by atoms with Crippen LogP contribution in [0.15, 0.2) is 18.2 Å². The van der Waals surface area contributed by atoms with Gasteiger partial charge >= 0.3 is 5.97 Å². The predicted molar refractivity (Wildman–Crippen MR) is 57.8 cm³/mol. The number of benzene rings is 1. The Labute approximate surface area is 102 Å². The summed E-state index contributed by atoms with van der Waals surface area (Å²) >= 11 is 0. The molecular formula is C12H11F2NO3. The van der Waals surface area contributed by atoms with Gasteiger partial charge in [-0.25, -0.2) is 13.6 Å². The molecule has 1 aromatic rings. The summed E-state index contributed by atoms with van der Waals surface area (Å²) in [4.78, 5) is 22.6. The van der Waals surface area contributed by atoms with E-state index in [9.17, 15) is 18.4 Å². The average Bonchev–Trinajstić information content (AvgIpc) is 3.08. The van der Waals surface area contributed by atoms with Gasteiger partial charge in [0.25, 0.3) is 5.91 Å². The summed E-state index contributed by atoms with van der Waals surface area (Å²) in [6.07, 6.45) is 1.85. The molecule has 1 fully saturated rings. The highest BCUT2D eigenvalue weighted by Crippen LogP contribution is 2.18. The number of ether oxygens (including phenoxy) is 1. The summed E-state index contributed by atoms with van der Waals surface area (Å²) in [5.74, 6) is -3.09. The summed E-state index contributed by atoms with van der Waals surface area (Å²) in [7, 11) is 0. The molecule has 0 aliphatic heterocycles. The SMILES string of the molecule is O=C(COC(=O)c1cc(F)cc(F)c1)NC1CC1. The number of halogens is 2. The van der Waals surface area contributed by atoms with E-state index < -0.39 is 30.1 Å². The van der Waals surface area contributed by atoms with E-state index in [0.29, 0.717) is 6.07 Å². The second kappa shape index (κ2) is 5.12. The number of amides is 1. The molecule has 96 valence electrons. The second-order valence-electron chi connectivity index (χ2n) is 4.08. The molecule has 1 N–H and O–H groups in total.